The van der Waals surface area contributed by atoms with Crippen LogP contribution in [-0.2, 0) is 11.3 Å². The maximum Gasteiger partial charge on any atom is 0.231 e. The summed E-state index contributed by atoms with van der Waals surface area (Å²) in [7, 11) is 0. The molecule has 4 aromatic rings. The first kappa shape index (κ1) is 18.3. The smallest absolute Gasteiger partial charge is 0.231 e. The largest absolute Gasteiger partial charge is 0.454 e. The number of nitrogens with zero attached hydrogens (tertiary/aromatic N) is 5. The summed E-state index contributed by atoms with van der Waals surface area (Å²) in [4.78, 5) is 6.57. The van der Waals surface area contributed by atoms with E-state index in [9.17, 15) is 0 Å². The SMILES string of the molecule is c1cncc(-c2ccc3c(C4CN(Cc5ccc6c(c5)OCO6)CCO4)nnn3c2)c1. The fourth-order valence-corrected chi connectivity index (χ4v) is 4.16. The van der Waals surface area contributed by atoms with Gasteiger partial charge >= 0.3 is 0 Å². The fraction of sp³-hybridized carbons (Fsp3) is 0.261. The van der Waals surface area contributed by atoms with Crippen LogP contribution in [0.15, 0.2) is 61.1 Å². The van der Waals surface area contributed by atoms with E-state index in [1.165, 1.54) is 5.56 Å². The Morgan fingerprint density at radius 2 is 2.00 bits per heavy atom. The summed E-state index contributed by atoms with van der Waals surface area (Å²) in [5.41, 5.74) is 5.12. The first-order valence-corrected chi connectivity index (χ1v) is 10.3. The molecule has 1 fully saturated rings. The van der Waals surface area contributed by atoms with Crippen molar-refractivity contribution in [2.45, 2.75) is 12.6 Å². The highest BCUT2D eigenvalue weighted by Crippen LogP contribution is 2.33. The number of fused-ring (bicyclic) bond motifs is 2. The van der Waals surface area contributed by atoms with Gasteiger partial charge in [-0.25, -0.2) is 4.52 Å². The van der Waals surface area contributed by atoms with Crippen molar-refractivity contribution < 1.29 is 14.2 Å². The van der Waals surface area contributed by atoms with Crippen LogP contribution in [0.4, 0.5) is 0 Å². The third-order valence-electron chi connectivity index (χ3n) is 5.73. The lowest BCUT2D eigenvalue weighted by molar-refractivity contribution is -0.0343. The van der Waals surface area contributed by atoms with E-state index in [0.29, 0.717) is 13.4 Å². The molecule has 2 aliphatic heterocycles. The van der Waals surface area contributed by atoms with E-state index in [-0.39, 0.29) is 6.10 Å². The molecule has 8 nitrogen and oxygen atoms in total. The Bertz CT molecular complexity index is 1230. The van der Waals surface area contributed by atoms with E-state index in [4.69, 9.17) is 14.2 Å². The number of morpholine rings is 1. The Morgan fingerprint density at radius 1 is 1.03 bits per heavy atom. The molecule has 1 atom stereocenters. The van der Waals surface area contributed by atoms with E-state index in [2.05, 4.69) is 44.5 Å². The minimum Gasteiger partial charge on any atom is -0.454 e. The molecule has 3 aromatic heterocycles. The molecule has 2 aliphatic rings. The Kier molecular flexibility index (Phi) is 4.51. The predicted octanol–water partition coefficient (Wildman–Crippen LogP) is 3.09. The lowest BCUT2D eigenvalue weighted by Gasteiger charge is -2.32. The van der Waals surface area contributed by atoms with Crippen LogP contribution in [-0.4, -0.2) is 51.2 Å². The average molecular weight is 415 g/mol. The normalized spacial score (nSPS) is 18.5. The van der Waals surface area contributed by atoms with Gasteiger partial charge in [-0.2, -0.15) is 0 Å². The van der Waals surface area contributed by atoms with Crippen molar-refractivity contribution in [3.63, 3.8) is 0 Å². The lowest BCUT2D eigenvalue weighted by Crippen LogP contribution is -2.38. The standard InChI is InChI=1S/C23H21N5O3/c1-2-17(11-24-7-1)18-4-5-19-23(25-26-28(19)13-18)22-14-27(8-9-29-22)12-16-3-6-20-21(10-16)31-15-30-20/h1-7,10-11,13,22H,8-9,12,14-15H2. The molecule has 1 unspecified atom stereocenters. The molecular weight excluding hydrogens is 394 g/mol. The highest BCUT2D eigenvalue weighted by atomic mass is 16.7. The number of hydrogen-bond donors (Lipinski definition) is 0. The molecule has 0 amide bonds. The minimum atomic E-state index is -0.121. The monoisotopic (exact) mass is 415 g/mol. The maximum atomic E-state index is 6.08. The number of rotatable bonds is 4. The second-order valence-corrected chi connectivity index (χ2v) is 7.75. The second kappa shape index (κ2) is 7.64. The Balaban J connectivity index is 1.21. The quantitative estimate of drug-likeness (QED) is 0.507. The number of ether oxygens (including phenoxy) is 3. The van der Waals surface area contributed by atoms with Gasteiger partial charge in [0.2, 0.25) is 6.79 Å². The number of hydrogen-bond acceptors (Lipinski definition) is 7. The van der Waals surface area contributed by atoms with Crippen LogP contribution in [0.3, 0.4) is 0 Å². The van der Waals surface area contributed by atoms with Gasteiger partial charge in [-0.15, -0.1) is 5.10 Å². The number of pyridine rings is 2. The van der Waals surface area contributed by atoms with Gasteiger partial charge in [0.15, 0.2) is 11.5 Å². The van der Waals surface area contributed by atoms with E-state index >= 15 is 0 Å². The highest BCUT2D eigenvalue weighted by Gasteiger charge is 2.26. The van der Waals surface area contributed by atoms with Crippen LogP contribution in [0.5, 0.6) is 11.5 Å². The van der Waals surface area contributed by atoms with Gasteiger partial charge < -0.3 is 14.2 Å². The van der Waals surface area contributed by atoms with Gasteiger partial charge in [-0.1, -0.05) is 23.4 Å². The summed E-state index contributed by atoms with van der Waals surface area (Å²) >= 11 is 0. The molecule has 0 aliphatic carbocycles. The predicted molar refractivity (Wildman–Crippen MR) is 113 cm³/mol. The van der Waals surface area contributed by atoms with Crippen molar-refractivity contribution >= 4 is 5.52 Å². The van der Waals surface area contributed by atoms with E-state index < -0.39 is 0 Å². The van der Waals surface area contributed by atoms with Crippen molar-refractivity contribution in [2.24, 2.45) is 0 Å². The molecule has 1 aromatic carbocycles. The van der Waals surface area contributed by atoms with Gasteiger partial charge in [-0.05, 0) is 29.8 Å². The summed E-state index contributed by atoms with van der Waals surface area (Å²) in [6.07, 6.45) is 5.48. The van der Waals surface area contributed by atoms with Gasteiger partial charge in [-0.3, -0.25) is 9.88 Å². The first-order chi connectivity index (χ1) is 15.3. The third kappa shape index (κ3) is 3.49. The van der Waals surface area contributed by atoms with Crippen LogP contribution >= 0.6 is 0 Å². The van der Waals surface area contributed by atoms with Crippen LogP contribution in [0, 0.1) is 0 Å². The molecule has 6 rings (SSSR count). The molecule has 0 spiro atoms. The van der Waals surface area contributed by atoms with Gasteiger partial charge in [0.25, 0.3) is 0 Å². The minimum absolute atomic E-state index is 0.121. The zero-order chi connectivity index (χ0) is 20.6. The molecule has 0 bridgehead atoms. The fourth-order valence-electron chi connectivity index (χ4n) is 4.16. The molecule has 0 saturated carbocycles. The summed E-state index contributed by atoms with van der Waals surface area (Å²) in [6, 6.07) is 14.2. The van der Waals surface area contributed by atoms with Crippen molar-refractivity contribution in [3.8, 4) is 22.6 Å². The molecule has 31 heavy (non-hydrogen) atoms. The van der Waals surface area contributed by atoms with Gasteiger partial charge in [0.05, 0.1) is 12.1 Å². The number of benzene rings is 1. The average Bonchev–Trinajstić information content (AvgIpc) is 3.46. The zero-order valence-electron chi connectivity index (χ0n) is 16.8. The van der Waals surface area contributed by atoms with Crippen LogP contribution in [0.2, 0.25) is 0 Å². The maximum absolute atomic E-state index is 6.08. The molecular formula is C23H21N5O3. The Hall–Kier alpha value is -3.49. The summed E-state index contributed by atoms with van der Waals surface area (Å²) < 4.78 is 18.8. The molecule has 0 N–H and O–H groups in total. The van der Waals surface area contributed by atoms with Gasteiger partial charge in [0, 0.05) is 49.4 Å². The molecule has 1 saturated heterocycles. The van der Waals surface area contributed by atoms with E-state index in [1.807, 2.05) is 35.1 Å². The van der Waals surface area contributed by atoms with Crippen LogP contribution < -0.4 is 9.47 Å². The third-order valence-corrected chi connectivity index (χ3v) is 5.73. The van der Waals surface area contributed by atoms with Crippen molar-refractivity contribution in [1.29, 1.82) is 0 Å². The molecule has 8 heteroatoms. The van der Waals surface area contributed by atoms with Crippen molar-refractivity contribution in [2.75, 3.05) is 26.5 Å². The van der Waals surface area contributed by atoms with Gasteiger partial charge in [0.1, 0.15) is 11.8 Å². The van der Waals surface area contributed by atoms with Crippen molar-refractivity contribution in [3.05, 3.63) is 72.3 Å². The topological polar surface area (TPSA) is 74.0 Å². The molecule has 156 valence electrons. The Labute approximate surface area is 179 Å². The summed E-state index contributed by atoms with van der Waals surface area (Å²) in [5.74, 6) is 1.63. The lowest BCUT2D eigenvalue weighted by atomic mass is 10.1. The number of aromatic nitrogens is 4. The van der Waals surface area contributed by atoms with Crippen LogP contribution in [0.1, 0.15) is 17.4 Å². The Morgan fingerprint density at radius 3 is 2.94 bits per heavy atom. The summed E-state index contributed by atoms with van der Waals surface area (Å²) in [5, 5.41) is 8.80. The zero-order valence-corrected chi connectivity index (χ0v) is 16.8. The molecule has 5 heterocycles. The first-order valence-electron chi connectivity index (χ1n) is 10.3. The van der Waals surface area contributed by atoms with E-state index in [0.717, 1.165) is 53.5 Å². The van der Waals surface area contributed by atoms with E-state index in [1.54, 1.807) is 6.20 Å². The highest BCUT2D eigenvalue weighted by molar-refractivity contribution is 5.65. The summed E-state index contributed by atoms with van der Waals surface area (Å²) in [6.45, 7) is 3.40. The second-order valence-electron chi connectivity index (χ2n) is 7.75. The van der Waals surface area contributed by atoms with Crippen LogP contribution in [0.25, 0.3) is 16.6 Å². The van der Waals surface area contributed by atoms with Crippen molar-refractivity contribution in [1.82, 2.24) is 24.7 Å². The molecule has 0 radical (unpaired) electrons.